The summed E-state index contributed by atoms with van der Waals surface area (Å²) in [5, 5.41) is 10.8. The van der Waals surface area contributed by atoms with Crippen LogP contribution in [0.5, 0.6) is 0 Å². The molecule has 0 spiro atoms. The highest BCUT2D eigenvalue weighted by Gasteiger charge is 2.16. The van der Waals surface area contributed by atoms with Crippen LogP contribution in [0.3, 0.4) is 0 Å². The molecule has 2 N–H and O–H groups in total. The van der Waals surface area contributed by atoms with Crippen molar-refractivity contribution in [1.29, 1.82) is 0 Å². The van der Waals surface area contributed by atoms with Gasteiger partial charge in [-0.05, 0) is 5.56 Å². The molecule has 0 aliphatic rings. The molecule has 1 unspecified atom stereocenters. The number of carboxylic acid groups (broad SMARTS) is 1. The second-order valence-electron chi connectivity index (χ2n) is 3.26. The van der Waals surface area contributed by atoms with Crippen molar-refractivity contribution in [2.75, 3.05) is 0 Å². The van der Waals surface area contributed by atoms with Crippen LogP contribution in [0.2, 0.25) is 0 Å². The zero-order chi connectivity index (χ0) is 12.7. The number of ether oxygens (including phenoxy) is 1. The molecule has 5 nitrogen and oxygen atoms in total. The van der Waals surface area contributed by atoms with Gasteiger partial charge in [-0.2, -0.15) is 0 Å². The number of hydrogen-bond donors (Lipinski definition) is 2. The summed E-state index contributed by atoms with van der Waals surface area (Å²) in [7, 11) is 0. The summed E-state index contributed by atoms with van der Waals surface area (Å²) in [6.07, 6.45) is 0.327. The number of carbonyl (C=O) groups excluding carboxylic acids is 1. The largest absolute Gasteiger partial charge is 0.479 e. The number of rotatable bonds is 5. The van der Waals surface area contributed by atoms with Gasteiger partial charge in [-0.3, -0.25) is 0 Å². The van der Waals surface area contributed by atoms with Crippen LogP contribution < -0.4 is 5.32 Å². The first-order valence-electron chi connectivity index (χ1n) is 4.96. The van der Waals surface area contributed by atoms with Crippen LogP contribution in [0.1, 0.15) is 5.56 Å². The Hall–Kier alpha value is -2.30. The molecule has 0 fully saturated rings. The van der Waals surface area contributed by atoms with E-state index in [2.05, 4.69) is 11.9 Å². The lowest BCUT2D eigenvalue weighted by molar-refractivity contribution is -0.138. The lowest BCUT2D eigenvalue weighted by Crippen LogP contribution is -2.39. The normalized spacial score (nSPS) is 11.3. The van der Waals surface area contributed by atoms with Crippen molar-refractivity contribution in [2.24, 2.45) is 0 Å². The average molecular weight is 235 g/mol. The van der Waals surface area contributed by atoms with E-state index in [9.17, 15) is 9.59 Å². The number of hydrogen-bond acceptors (Lipinski definition) is 3. The molecule has 1 aromatic rings. The molecular weight excluding hydrogens is 222 g/mol. The fourth-order valence-corrected chi connectivity index (χ4v) is 1.11. The Morgan fingerprint density at radius 1 is 1.41 bits per heavy atom. The number of carbonyl (C=O) groups is 2. The van der Waals surface area contributed by atoms with Gasteiger partial charge in [0, 0.05) is 0 Å². The molecule has 0 saturated heterocycles. The summed E-state index contributed by atoms with van der Waals surface area (Å²) in [6, 6.07) is 7.95. The van der Waals surface area contributed by atoms with Crippen LogP contribution in [0.15, 0.2) is 43.0 Å². The molecule has 0 saturated carbocycles. The van der Waals surface area contributed by atoms with Gasteiger partial charge in [-0.25, -0.2) is 9.59 Å². The predicted octanol–water partition coefficient (Wildman–Crippen LogP) is 1.55. The molecule has 0 aliphatic heterocycles. The van der Waals surface area contributed by atoms with E-state index in [4.69, 9.17) is 9.84 Å². The first-order valence-corrected chi connectivity index (χ1v) is 4.96. The lowest BCUT2D eigenvalue weighted by Gasteiger charge is -2.10. The maximum atomic E-state index is 11.2. The van der Waals surface area contributed by atoms with E-state index >= 15 is 0 Å². The molecule has 5 heteroatoms. The predicted molar refractivity (Wildman–Crippen MR) is 61.4 cm³/mol. The summed E-state index contributed by atoms with van der Waals surface area (Å²) in [6.45, 7) is 3.40. The Kier molecular flexibility index (Phi) is 4.75. The van der Waals surface area contributed by atoms with Gasteiger partial charge in [0.15, 0.2) is 0 Å². The van der Waals surface area contributed by atoms with E-state index in [0.717, 1.165) is 11.6 Å². The van der Waals surface area contributed by atoms with Crippen molar-refractivity contribution in [3.05, 3.63) is 48.6 Å². The third-order valence-electron chi connectivity index (χ3n) is 1.99. The van der Waals surface area contributed by atoms with Crippen molar-refractivity contribution in [1.82, 2.24) is 5.32 Å². The molecule has 90 valence electrons. The van der Waals surface area contributed by atoms with Crippen LogP contribution in [0.4, 0.5) is 4.79 Å². The minimum absolute atomic E-state index is 0.0934. The fourth-order valence-electron chi connectivity index (χ4n) is 1.11. The molecule has 1 amide bonds. The molecule has 0 aliphatic carbocycles. The monoisotopic (exact) mass is 235 g/mol. The standard InChI is InChI=1S/C12H13NO4/c1-2-10(11(14)15)13-12(16)17-8-9-6-4-3-5-7-9/h2-7,10H,1,8H2,(H,13,16)(H,14,15). The summed E-state index contributed by atoms with van der Waals surface area (Å²) < 4.78 is 4.85. The van der Waals surface area contributed by atoms with Gasteiger partial charge in [0.1, 0.15) is 12.6 Å². The summed E-state index contributed by atoms with van der Waals surface area (Å²) in [4.78, 5) is 21.8. The number of nitrogens with one attached hydrogen (secondary N) is 1. The van der Waals surface area contributed by atoms with E-state index in [1.165, 1.54) is 0 Å². The molecule has 1 aromatic carbocycles. The van der Waals surface area contributed by atoms with Crippen molar-refractivity contribution in [3.8, 4) is 0 Å². The van der Waals surface area contributed by atoms with Crippen LogP contribution in [-0.4, -0.2) is 23.2 Å². The summed E-state index contributed by atoms with van der Waals surface area (Å²) in [5.41, 5.74) is 0.827. The van der Waals surface area contributed by atoms with Gasteiger partial charge in [0.05, 0.1) is 0 Å². The highest BCUT2D eigenvalue weighted by molar-refractivity contribution is 5.81. The van der Waals surface area contributed by atoms with Crippen molar-refractivity contribution < 1.29 is 19.4 Å². The Labute approximate surface area is 98.7 Å². The Bertz CT molecular complexity index is 402. The average Bonchev–Trinajstić information content (AvgIpc) is 2.34. The molecular formula is C12H13NO4. The van der Waals surface area contributed by atoms with E-state index in [1.54, 1.807) is 12.1 Å². The number of amides is 1. The van der Waals surface area contributed by atoms with Crippen LogP contribution in [0, 0.1) is 0 Å². The van der Waals surface area contributed by atoms with Crippen LogP contribution in [-0.2, 0) is 16.1 Å². The molecule has 0 bridgehead atoms. The Morgan fingerprint density at radius 3 is 2.59 bits per heavy atom. The number of carboxylic acids is 1. The highest BCUT2D eigenvalue weighted by Crippen LogP contribution is 2.00. The van der Waals surface area contributed by atoms with E-state index in [-0.39, 0.29) is 6.61 Å². The fraction of sp³-hybridized carbons (Fsp3) is 0.167. The van der Waals surface area contributed by atoms with E-state index in [0.29, 0.717) is 0 Å². The van der Waals surface area contributed by atoms with Crippen molar-refractivity contribution in [2.45, 2.75) is 12.6 Å². The van der Waals surface area contributed by atoms with Crippen LogP contribution >= 0.6 is 0 Å². The second-order valence-corrected chi connectivity index (χ2v) is 3.26. The minimum atomic E-state index is -1.18. The van der Waals surface area contributed by atoms with Gasteiger partial charge in [-0.15, -0.1) is 6.58 Å². The first kappa shape index (κ1) is 12.8. The SMILES string of the molecule is C=CC(NC(=O)OCc1ccccc1)C(=O)O. The van der Waals surface area contributed by atoms with Crippen molar-refractivity contribution in [3.63, 3.8) is 0 Å². The zero-order valence-electron chi connectivity index (χ0n) is 9.13. The molecule has 0 aromatic heterocycles. The molecule has 0 heterocycles. The molecule has 0 radical (unpaired) electrons. The molecule has 1 rings (SSSR count). The third kappa shape index (κ3) is 4.38. The second kappa shape index (κ2) is 6.32. The Balaban J connectivity index is 2.40. The number of aliphatic carboxylic acids is 1. The number of alkyl carbamates (subject to hydrolysis) is 1. The van der Waals surface area contributed by atoms with Gasteiger partial charge >= 0.3 is 12.1 Å². The molecule has 17 heavy (non-hydrogen) atoms. The maximum absolute atomic E-state index is 11.2. The first-order chi connectivity index (χ1) is 8.13. The minimum Gasteiger partial charge on any atom is -0.479 e. The topological polar surface area (TPSA) is 75.6 Å². The molecule has 1 atom stereocenters. The Morgan fingerprint density at radius 2 is 2.06 bits per heavy atom. The third-order valence-corrected chi connectivity index (χ3v) is 1.99. The van der Waals surface area contributed by atoms with Gasteiger partial charge in [0.2, 0.25) is 0 Å². The quantitative estimate of drug-likeness (QED) is 0.759. The maximum Gasteiger partial charge on any atom is 0.408 e. The zero-order valence-corrected chi connectivity index (χ0v) is 9.13. The van der Waals surface area contributed by atoms with Crippen LogP contribution in [0.25, 0.3) is 0 Å². The van der Waals surface area contributed by atoms with Gasteiger partial charge < -0.3 is 15.2 Å². The van der Waals surface area contributed by atoms with E-state index in [1.807, 2.05) is 18.2 Å². The lowest BCUT2D eigenvalue weighted by atomic mass is 10.2. The summed E-state index contributed by atoms with van der Waals surface area (Å²) >= 11 is 0. The van der Waals surface area contributed by atoms with Crippen molar-refractivity contribution >= 4 is 12.1 Å². The van der Waals surface area contributed by atoms with Gasteiger partial charge in [-0.1, -0.05) is 36.4 Å². The smallest absolute Gasteiger partial charge is 0.408 e. The van der Waals surface area contributed by atoms with E-state index < -0.39 is 18.1 Å². The summed E-state index contributed by atoms with van der Waals surface area (Å²) in [5.74, 6) is -1.18. The highest BCUT2D eigenvalue weighted by atomic mass is 16.5. The number of benzene rings is 1. The van der Waals surface area contributed by atoms with Gasteiger partial charge in [0.25, 0.3) is 0 Å².